The first-order valence-electron chi connectivity index (χ1n) is 6.60. The number of carbonyl (C=O) groups is 1. The minimum absolute atomic E-state index is 0.0583. The predicted molar refractivity (Wildman–Crippen MR) is 79.8 cm³/mol. The Labute approximate surface area is 119 Å². The average molecular weight is 269 g/mol. The number of hydrogen-bond donors (Lipinski definition) is 1. The van der Waals surface area contributed by atoms with Crippen LogP contribution in [0.15, 0.2) is 54.6 Å². The number of benzene rings is 2. The molecule has 0 radical (unpaired) electrons. The van der Waals surface area contributed by atoms with Crippen molar-refractivity contribution in [1.29, 1.82) is 0 Å². The van der Waals surface area contributed by atoms with Gasteiger partial charge in [0.25, 0.3) is 0 Å². The lowest BCUT2D eigenvalue weighted by atomic mass is 9.95. The van der Waals surface area contributed by atoms with Gasteiger partial charge in [-0.05, 0) is 30.8 Å². The minimum atomic E-state index is -0.803. The van der Waals surface area contributed by atoms with Crippen molar-refractivity contribution in [3.63, 3.8) is 0 Å². The zero-order valence-corrected chi connectivity index (χ0v) is 11.8. The standard InChI is InChI=1S/C17H19NO2/c1-18(2)17(14-8-4-3-5-9-14)15-10-6-7-13(11-15)12-16(19)20/h3-11,17H,12H2,1-2H3,(H,19,20). The van der Waals surface area contributed by atoms with Gasteiger partial charge in [-0.3, -0.25) is 9.69 Å². The second-order valence-corrected chi connectivity index (χ2v) is 5.09. The molecule has 0 amide bonds. The molecule has 0 saturated heterocycles. The topological polar surface area (TPSA) is 40.5 Å². The van der Waals surface area contributed by atoms with Crippen molar-refractivity contribution >= 4 is 5.97 Å². The molecule has 1 atom stereocenters. The highest BCUT2D eigenvalue weighted by molar-refractivity contribution is 5.70. The van der Waals surface area contributed by atoms with Crippen LogP contribution in [0.1, 0.15) is 22.7 Å². The van der Waals surface area contributed by atoms with Gasteiger partial charge in [-0.15, -0.1) is 0 Å². The van der Waals surface area contributed by atoms with Gasteiger partial charge in [0.15, 0.2) is 0 Å². The fraction of sp³-hybridized carbons (Fsp3) is 0.235. The maximum Gasteiger partial charge on any atom is 0.307 e. The van der Waals surface area contributed by atoms with Crippen LogP contribution in [0.3, 0.4) is 0 Å². The lowest BCUT2D eigenvalue weighted by molar-refractivity contribution is -0.136. The highest BCUT2D eigenvalue weighted by atomic mass is 16.4. The van der Waals surface area contributed by atoms with E-state index in [9.17, 15) is 4.79 Å². The molecule has 0 spiro atoms. The Balaban J connectivity index is 2.38. The number of aliphatic carboxylic acids is 1. The van der Waals surface area contributed by atoms with Gasteiger partial charge < -0.3 is 5.11 Å². The van der Waals surface area contributed by atoms with Crippen LogP contribution in [0, 0.1) is 0 Å². The quantitative estimate of drug-likeness (QED) is 0.907. The van der Waals surface area contributed by atoms with E-state index >= 15 is 0 Å². The second kappa shape index (κ2) is 6.35. The molecular formula is C17H19NO2. The molecule has 0 bridgehead atoms. The summed E-state index contributed by atoms with van der Waals surface area (Å²) >= 11 is 0. The van der Waals surface area contributed by atoms with Crippen molar-refractivity contribution in [3.05, 3.63) is 71.3 Å². The largest absolute Gasteiger partial charge is 0.481 e. The van der Waals surface area contributed by atoms with Gasteiger partial charge in [-0.2, -0.15) is 0 Å². The zero-order valence-electron chi connectivity index (χ0n) is 11.8. The van der Waals surface area contributed by atoms with E-state index in [1.807, 2.05) is 56.6 Å². The lowest BCUT2D eigenvalue weighted by Gasteiger charge is -2.25. The lowest BCUT2D eigenvalue weighted by Crippen LogP contribution is -2.21. The first-order valence-corrected chi connectivity index (χ1v) is 6.60. The second-order valence-electron chi connectivity index (χ2n) is 5.09. The molecule has 0 aliphatic carbocycles. The maximum absolute atomic E-state index is 10.8. The number of nitrogens with zero attached hydrogens (tertiary/aromatic N) is 1. The molecule has 0 saturated carbocycles. The van der Waals surface area contributed by atoms with Gasteiger partial charge in [0.05, 0.1) is 12.5 Å². The van der Waals surface area contributed by atoms with Crippen molar-refractivity contribution in [3.8, 4) is 0 Å². The highest BCUT2D eigenvalue weighted by Crippen LogP contribution is 2.27. The Bertz CT molecular complexity index is 579. The molecule has 1 unspecified atom stereocenters. The monoisotopic (exact) mass is 269 g/mol. The third-order valence-electron chi connectivity index (χ3n) is 3.25. The predicted octanol–water partition coefficient (Wildman–Crippen LogP) is 2.96. The summed E-state index contributed by atoms with van der Waals surface area (Å²) in [5, 5.41) is 8.91. The summed E-state index contributed by atoms with van der Waals surface area (Å²) < 4.78 is 0. The van der Waals surface area contributed by atoms with Crippen LogP contribution in [0.25, 0.3) is 0 Å². The fourth-order valence-corrected chi connectivity index (χ4v) is 2.47. The molecule has 104 valence electrons. The average Bonchev–Trinajstić information content (AvgIpc) is 2.39. The molecule has 2 aromatic carbocycles. The van der Waals surface area contributed by atoms with Crippen LogP contribution >= 0.6 is 0 Å². The molecule has 0 aromatic heterocycles. The molecule has 3 nitrogen and oxygen atoms in total. The van der Waals surface area contributed by atoms with Gasteiger partial charge in [-0.1, -0.05) is 54.6 Å². The van der Waals surface area contributed by atoms with E-state index in [0.717, 1.165) is 11.1 Å². The molecular weight excluding hydrogens is 250 g/mol. The van der Waals surface area contributed by atoms with E-state index in [0.29, 0.717) is 0 Å². The molecule has 20 heavy (non-hydrogen) atoms. The van der Waals surface area contributed by atoms with Crippen LogP contribution in [0.4, 0.5) is 0 Å². The van der Waals surface area contributed by atoms with Gasteiger partial charge >= 0.3 is 5.97 Å². The number of carboxylic acids is 1. The smallest absolute Gasteiger partial charge is 0.307 e. The third-order valence-corrected chi connectivity index (χ3v) is 3.25. The van der Waals surface area contributed by atoms with E-state index in [-0.39, 0.29) is 12.5 Å². The van der Waals surface area contributed by atoms with Crippen molar-refractivity contribution in [2.75, 3.05) is 14.1 Å². The summed E-state index contributed by atoms with van der Waals surface area (Å²) in [5.41, 5.74) is 3.14. The van der Waals surface area contributed by atoms with Crippen LogP contribution in [-0.4, -0.2) is 30.1 Å². The molecule has 2 aromatic rings. The van der Waals surface area contributed by atoms with Crippen molar-refractivity contribution in [1.82, 2.24) is 4.90 Å². The zero-order chi connectivity index (χ0) is 14.5. The van der Waals surface area contributed by atoms with Crippen molar-refractivity contribution in [2.24, 2.45) is 0 Å². The molecule has 0 aliphatic heterocycles. The van der Waals surface area contributed by atoms with E-state index in [1.165, 1.54) is 5.56 Å². The van der Waals surface area contributed by atoms with E-state index in [1.54, 1.807) is 0 Å². The molecule has 0 aliphatic rings. The minimum Gasteiger partial charge on any atom is -0.481 e. The summed E-state index contributed by atoms with van der Waals surface area (Å²) in [6.45, 7) is 0. The highest BCUT2D eigenvalue weighted by Gasteiger charge is 2.16. The number of carboxylic acid groups (broad SMARTS) is 1. The fourth-order valence-electron chi connectivity index (χ4n) is 2.47. The summed E-state index contributed by atoms with van der Waals surface area (Å²) in [7, 11) is 4.06. The SMILES string of the molecule is CN(C)C(c1ccccc1)c1cccc(CC(=O)O)c1. The van der Waals surface area contributed by atoms with E-state index < -0.39 is 5.97 Å². The molecule has 0 fully saturated rings. The molecule has 0 heterocycles. The number of rotatable bonds is 5. The number of hydrogen-bond acceptors (Lipinski definition) is 2. The van der Waals surface area contributed by atoms with Crippen molar-refractivity contribution in [2.45, 2.75) is 12.5 Å². The maximum atomic E-state index is 10.8. The Morgan fingerprint density at radius 2 is 1.70 bits per heavy atom. The molecule has 1 N–H and O–H groups in total. The van der Waals surface area contributed by atoms with Crippen LogP contribution in [0.2, 0.25) is 0 Å². The van der Waals surface area contributed by atoms with Gasteiger partial charge in [0.1, 0.15) is 0 Å². The molecule has 2 rings (SSSR count). The summed E-state index contributed by atoms with van der Waals surface area (Å²) in [6.07, 6.45) is 0.0583. The first-order chi connectivity index (χ1) is 9.58. The van der Waals surface area contributed by atoms with Crippen LogP contribution in [-0.2, 0) is 11.2 Å². The summed E-state index contributed by atoms with van der Waals surface area (Å²) in [5.74, 6) is -0.803. The first kappa shape index (κ1) is 14.3. The summed E-state index contributed by atoms with van der Waals surface area (Å²) in [6, 6.07) is 18.2. The third kappa shape index (κ3) is 3.45. The van der Waals surface area contributed by atoms with Crippen molar-refractivity contribution < 1.29 is 9.90 Å². The Kier molecular flexibility index (Phi) is 4.53. The Morgan fingerprint density at radius 1 is 1.05 bits per heavy atom. The Morgan fingerprint density at radius 3 is 2.30 bits per heavy atom. The summed E-state index contributed by atoms with van der Waals surface area (Å²) in [4.78, 5) is 13.0. The van der Waals surface area contributed by atoms with Crippen LogP contribution < -0.4 is 0 Å². The van der Waals surface area contributed by atoms with Crippen LogP contribution in [0.5, 0.6) is 0 Å². The Hall–Kier alpha value is -2.13. The normalized spacial score (nSPS) is 12.3. The molecule has 3 heteroatoms. The van der Waals surface area contributed by atoms with E-state index in [4.69, 9.17) is 5.11 Å². The van der Waals surface area contributed by atoms with Gasteiger partial charge in [0, 0.05) is 0 Å². The van der Waals surface area contributed by atoms with E-state index in [2.05, 4.69) is 17.0 Å². The van der Waals surface area contributed by atoms with Gasteiger partial charge in [0.2, 0.25) is 0 Å². The van der Waals surface area contributed by atoms with Gasteiger partial charge in [-0.25, -0.2) is 0 Å².